The van der Waals surface area contributed by atoms with Crippen molar-refractivity contribution in [1.82, 2.24) is 25.1 Å². The van der Waals surface area contributed by atoms with Gasteiger partial charge in [0.05, 0.1) is 29.1 Å². The number of phenolic OH excluding ortho intramolecular Hbond substituents is 1. The van der Waals surface area contributed by atoms with E-state index in [1.807, 2.05) is 25.1 Å². The molecule has 1 aliphatic heterocycles. The maximum absolute atomic E-state index is 14.3. The molecule has 2 aromatic carbocycles. The number of imidazole rings is 1. The van der Waals surface area contributed by atoms with Crippen LogP contribution in [0.2, 0.25) is 0 Å². The molecule has 1 aliphatic carbocycles. The zero-order valence-electron chi connectivity index (χ0n) is 29.4. The maximum atomic E-state index is 14.3. The number of hydrogen-bond donors (Lipinski definition) is 4. The van der Waals surface area contributed by atoms with E-state index in [1.165, 1.54) is 76.3 Å². The van der Waals surface area contributed by atoms with Gasteiger partial charge < -0.3 is 15.2 Å². The van der Waals surface area contributed by atoms with Crippen LogP contribution in [0.5, 0.6) is 5.75 Å². The van der Waals surface area contributed by atoms with E-state index in [0.717, 1.165) is 63.9 Å². The SMILES string of the molecule is CCCCCCCCCCCCCCC(C(=O)C1CC(O)C1)N1Cc2nc(-c3n[nH]c4cc(-c5cc(F)c(O)cc5CC)ccc34)[nH]c2C1. The van der Waals surface area contributed by atoms with Gasteiger partial charge in [0.15, 0.2) is 23.2 Å². The van der Waals surface area contributed by atoms with Gasteiger partial charge in [0, 0.05) is 24.4 Å². The minimum Gasteiger partial charge on any atom is -0.505 e. The Bertz CT molecular complexity index is 1680. The van der Waals surface area contributed by atoms with Crippen LogP contribution in [-0.2, 0) is 24.3 Å². The first-order valence-corrected chi connectivity index (χ1v) is 18.9. The average Bonchev–Trinajstić information content (AvgIpc) is 3.79. The molecule has 1 saturated carbocycles. The molecule has 3 heterocycles. The number of aromatic amines is 2. The zero-order chi connectivity index (χ0) is 34.3. The van der Waals surface area contributed by atoms with Gasteiger partial charge in [0.2, 0.25) is 0 Å². The third-order valence-electron chi connectivity index (χ3n) is 10.8. The average molecular weight is 672 g/mol. The Morgan fingerprint density at radius 1 is 0.959 bits per heavy atom. The summed E-state index contributed by atoms with van der Waals surface area (Å²) in [5, 5.41) is 28.4. The number of benzene rings is 2. The van der Waals surface area contributed by atoms with Crippen LogP contribution in [0.25, 0.3) is 33.5 Å². The van der Waals surface area contributed by atoms with E-state index in [1.54, 1.807) is 0 Å². The second kappa shape index (κ2) is 16.4. The van der Waals surface area contributed by atoms with Crippen LogP contribution in [-0.4, -0.2) is 53.2 Å². The van der Waals surface area contributed by atoms with Gasteiger partial charge in [-0.15, -0.1) is 0 Å². The molecule has 6 rings (SSSR count). The Hall–Kier alpha value is -3.56. The number of unbranched alkanes of at least 4 members (excludes halogenated alkanes) is 11. The standard InChI is InChI=1S/C40H54FN5O3/c1-3-5-6-7-8-9-10-11-12-13-14-15-16-36(39(49)28-19-29(47)20-28)46-24-34-35(25-46)43-40(42-34)38-30-18-17-27(21-33(30)44-45-38)31-23-32(41)37(48)22-26(31)4-2/h17-18,21-23,28-29,36,47-48H,3-16,19-20,24-25H2,1-2H3,(H,42,43)(H,44,45). The largest absolute Gasteiger partial charge is 0.505 e. The number of carbonyl (C=O) groups excluding carboxylic acids is 1. The van der Waals surface area contributed by atoms with Gasteiger partial charge in [0.25, 0.3) is 0 Å². The maximum Gasteiger partial charge on any atom is 0.165 e. The van der Waals surface area contributed by atoms with E-state index in [-0.39, 0.29) is 29.6 Å². The Morgan fingerprint density at radius 2 is 1.65 bits per heavy atom. The number of hydrogen-bond acceptors (Lipinski definition) is 6. The molecule has 49 heavy (non-hydrogen) atoms. The number of Topliss-reactive ketones (excluding diaryl/α,β-unsaturated/α-hetero) is 1. The molecule has 0 amide bonds. The van der Waals surface area contributed by atoms with E-state index in [9.17, 15) is 19.4 Å². The second-order valence-corrected chi connectivity index (χ2v) is 14.5. The first-order valence-electron chi connectivity index (χ1n) is 18.9. The van der Waals surface area contributed by atoms with Crippen molar-refractivity contribution in [3.05, 3.63) is 53.1 Å². The van der Waals surface area contributed by atoms with Crippen LogP contribution in [0.3, 0.4) is 0 Å². The van der Waals surface area contributed by atoms with Gasteiger partial charge in [-0.2, -0.15) is 5.10 Å². The van der Waals surface area contributed by atoms with E-state index in [0.29, 0.717) is 38.2 Å². The molecule has 1 fully saturated rings. The number of halogens is 1. The van der Waals surface area contributed by atoms with Crippen LogP contribution < -0.4 is 0 Å². The monoisotopic (exact) mass is 671 g/mol. The van der Waals surface area contributed by atoms with Crippen LogP contribution in [0, 0.1) is 11.7 Å². The zero-order valence-corrected chi connectivity index (χ0v) is 29.4. The number of nitrogens with one attached hydrogen (secondary N) is 2. The summed E-state index contributed by atoms with van der Waals surface area (Å²) in [4.78, 5) is 24.4. The number of aromatic nitrogens is 4. The number of nitrogens with zero attached hydrogens (tertiary/aromatic N) is 3. The number of rotatable bonds is 19. The van der Waals surface area contributed by atoms with Gasteiger partial charge in [-0.25, -0.2) is 9.37 Å². The summed E-state index contributed by atoms with van der Waals surface area (Å²) < 4.78 is 14.3. The summed E-state index contributed by atoms with van der Waals surface area (Å²) in [7, 11) is 0. The Labute approximate surface area is 289 Å². The van der Waals surface area contributed by atoms with E-state index in [2.05, 4.69) is 27.0 Å². The van der Waals surface area contributed by atoms with Crippen molar-refractivity contribution in [1.29, 1.82) is 0 Å². The number of H-pyrrole nitrogens is 2. The first kappa shape index (κ1) is 35.3. The van der Waals surface area contributed by atoms with Crippen molar-refractivity contribution in [3.8, 4) is 28.4 Å². The highest BCUT2D eigenvalue weighted by Crippen LogP contribution is 2.36. The van der Waals surface area contributed by atoms with Crippen molar-refractivity contribution in [2.24, 2.45) is 5.92 Å². The fourth-order valence-corrected chi connectivity index (χ4v) is 7.80. The first-order chi connectivity index (χ1) is 23.9. The number of fused-ring (bicyclic) bond motifs is 2. The number of aliphatic hydroxyl groups excluding tert-OH is 1. The summed E-state index contributed by atoms with van der Waals surface area (Å²) in [6.07, 6.45) is 17.9. The molecule has 9 heteroatoms. The number of ketones is 1. The lowest BCUT2D eigenvalue weighted by molar-refractivity contribution is -0.135. The van der Waals surface area contributed by atoms with Gasteiger partial charge in [0.1, 0.15) is 5.69 Å². The molecule has 8 nitrogen and oxygen atoms in total. The lowest BCUT2D eigenvalue weighted by Gasteiger charge is -2.36. The van der Waals surface area contributed by atoms with Crippen molar-refractivity contribution in [3.63, 3.8) is 0 Å². The van der Waals surface area contributed by atoms with Gasteiger partial charge in [-0.3, -0.25) is 14.8 Å². The third-order valence-corrected chi connectivity index (χ3v) is 10.8. The molecule has 0 spiro atoms. The summed E-state index contributed by atoms with van der Waals surface area (Å²) in [6, 6.07) is 8.62. The van der Waals surface area contributed by atoms with Crippen LogP contribution in [0.4, 0.5) is 4.39 Å². The fourth-order valence-electron chi connectivity index (χ4n) is 7.80. The summed E-state index contributed by atoms with van der Waals surface area (Å²) >= 11 is 0. The smallest absolute Gasteiger partial charge is 0.165 e. The third kappa shape index (κ3) is 8.26. The highest BCUT2D eigenvalue weighted by Gasteiger charge is 2.40. The lowest BCUT2D eigenvalue weighted by Crippen LogP contribution is -2.46. The number of aryl methyl sites for hydroxylation is 1. The molecule has 1 atom stereocenters. The molecule has 0 radical (unpaired) electrons. The highest BCUT2D eigenvalue weighted by molar-refractivity contribution is 5.94. The second-order valence-electron chi connectivity index (χ2n) is 14.5. The molecule has 4 N–H and O–H groups in total. The van der Waals surface area contributed by atoms with Crippen molar-refractivity contribution in [2.75, 3.05) is 0 Å². The van der Waals surface area contributed by atoms with Crippen LogP contribution in [0.1, 0.15) is 127 Å². The van der Waals surface area contributed by atoms with E-state index < -0.39 is 5.82 Å². The Balaban J connectivity index is 1.06. The predicted molar refractivity (Wildman–Crippen MR) is 193 cm³/mol. The van der Waals surface area contributed by atoms with Crippen molar-refractivity contribution >= 4 is 16.7 Å². The van der Waals surface area contributed by atoms with Crippen molar-refractivity contribution < 1.29 is 19.4 Å². The molecule has 1 unspecified atom stereocenters. The summed E-state index contributed by atoms with van der Waals surface area (Å²) in [6.45, 7) is 5.51. The quantitative estimate of drug-likeness (QED) is 0.0739. The summed E-state index contributed by atoms with van der Waals surface area (Å²) in [5.41, 5.74) is 5.98. The molecule has 0 saturated heterocycles. The molecule has 2 aliphatic rings. The number of aromatic hydroxyl groups is 1. The fraction of sp³-hybridized carbons (Fsp3) is 0.575. The topological polar surface area (TPSA) is 118 Å². The van der Waals surface area contributed by atoms with E-state index in [4.69, 9.17) is 4.98 Å². The minimum atomic E-state index is -0.639. The molecular weight excluding hydrogens is 617 g/mol. The van der Waals surface area contributed by atoms with Crippen LogP contribution in [0.15, 0.2) is 30.3 Å². The minimum absolute atomic E-state index is 0.0356. The van der Waals surface area contributed by atoms with Crippen LogP contribution >= 0.6 is 0 Å². The lowest BCUT2D eigenvalue weighted by atomic mass is 9.76. The van der Waals surface area contributed by atoms with Gasteiger partial charge in [-0.1, -0.05) is 97.0 Å². The van der Waals surface area contributed by atoms with Gasteiger partial charge in [-0.05, 0) is 66.6 Å². The van der Waals surface area contributed by atoms with Gasteiger partial charge >= 0.3 is 0 Å². The molecular formula is C40H54FN5O3. The highest BCUT2D eigenvalue weighted by atomic mass is 19.1. The normalized spacial score (nSPS) is 18.2. The number of carbonyl (C=O) groups is 1. The Morgan fingerprint density at radius 3 is 2.31 bits per heavy atom. The summed E-state index contributed by atoms with van der Waals surface area (Å²) in [5.74, 6) is -0.0319. The molecule has 2 aromatic heterocycles. The molecule has 0 bridgehead atoms. The number of aliphatic hydroxyl groups is 1. The Kier molecular flexibility index (Phi) is 11.8. The molecule has 4 aromatic rings. The predicted octanol–water partition coefficient (Wildman–Crippen LogP) is 9.14. The number of phenols is 1. The molecule has 264 valence electrons. The van der Waals surface area contributed by atoms with E-state index >= 15 is 0 Å². The van der Waals surface area contributed by atoms with Crippen molar-refractivity contribution in [2.45, 2.75) is 142 Å².